The van der Waals surface area contributed by atoms with Crippen LogP contribution in [0.1, 0.15) is 23.7 Å². The van der Waals surface area contributed by atoms with Crippen LogP contribution >= 0.6 is 11.6 Å². The number of likely N-dealkylation sites (tertiary alicyclic amines) is 1. The van der Waals surface area contributed by atoms with Gasteiger partial charge in [-0.25, -0.2) is 0 Å². The molecule has 6 nitrogen and oxygen atoms in total. The third kappa shape index (κ3) is 2.58. The number of nitrogens with zero attached hydrogens (tertiary/aromatic N) is 2. The van der Waals surface area contributed by atoms with Crippen molar-refractivity contribution in [2.75, 3.05) is 6.54 Å². The first kappa shape index (κ1) is 13.5. The third-order valence-electron chi connectivity index (χ3n) is 2.96. The lowest BCUT2D eigenvalue weighted by Gasteiger charge is -2.14. The quantitative estimate of drug-likeness (QED) is 0.473. The zero-order valence-corrected chi connectivity index (χ0v) is 10.9. The molecule has 0 aliphatic carbocycles. The van der Waals surface area contributed by atoms with Crippen LogP contribution in [0, 0.1) is 16.0 Å². The molecule has 1 atom stereocenters. The minimum absolute atomic E-state index is 0.0217. The Labute approximate surface area is 114 Å². The highest BCUT2D eigenvalue weighted by Crippen LogP contribution is 2.26. The third-order valence-corrected chi connectivity index (χ3v) is 3.27. The fourth-order valence-electron chi connectivity index (χ4n) is 2.02. The first-order valence-corrected chi connectivity index (χ1v) is 6.06. The van der Waals surface area contributed by atoms with E-state index in [1.165, 1.54) is 12.1 Å². The van der Waals surface area contributed by atoms with E-state index < -0.39 is 10.8 Å². The van der Waals surface area contributed by atoms with Crippen LogP contribution in [-0.2, 0) is 4.79 Å². The predicted octanol–water partition coefficient (Wildman–Crippen LogP) is 2.26. The second-order valence-corrected chi connectivity index (χ2v) is 4.95. The van der Waals surface area contributed by atoms with Gasteiger partial charge in [0.1, 0.15) is 0 Å². The van der Waals surface area contributed by atoms with Crippen LogP contribution in [0.4, 0.5) is 5.69 Å². The summed E-state index contributed by atoms with van der Waals surface area (Å²) in [6.45, 7) is 2.23. The van der Waals surface area contributed by atoms with Gasteiger partial charge in [0.15, 0.2) is 0 Å². The molecule has 1 aliphatic heterocycles. The summed E-state index contributed by atoms with van der Waals surface area (Å²) in [6.07, 6.45) is 0.330. The van der Waals surface area contributed by atoms with Crippen molar-refractivity contribution in [3.8, 4) is 0 Å². The summed E-state index contributed by atoms with van der Waals surface area (Å²) in [7, 11) is 0. The molecule has 1 aromatic carbocycles. The second kappa shape index (κ2) is 4.97. The monoisotopic (exact) mass is 282 g/mol. The fraction of sp³-hybridized carbons (Fsp3) is 0.333. The first-order valence-electron chi connectivity index (χ1n) is 5.68. The van der Waals surface area contributed by atoms with Crippen molar-refractivity contribution < 1.29 is 14.5 Å². The van der Waals surface area contributed by atoms with Crippen LogP contribution < -0.4 is 0 Å². The second-order valence-electron chi connectivity index (χ2n) is 4.54. The molecule has 1 unspecified atom stereocenters. The van der Waals surface area contributed by atoms with Crippen molar-refractivity contribution in [1.82, 2.24) is 4.90 Å². The number of imide groups is 1. The molecule has 19 heavy (non-hydrogen) atoms. The molecule has 0 spiro atoms. The summed E-state index contributed by atoms with van der Waals surface area (Å²) in [5.74, 6) is -0.630. The number of amides is 2. The van der Waals surface area contributed by atoms with Crippen LogP contribution in [0.5, 0.6) is 0 Å². The average Bonchev–Trinajstić information content (AvgIpc) is 2.67. The average molecular weight is 283 g/mol. The van der Waals surface area contributed by atoms with Crippen LogP contribution in [0.15, 0.2) is 18.2 Å². The Morgan fingerprint density at radius 1 is 1.53 bits per heavy atom. The zero-order chi connectivity index (χ0) is 14.2. The number of carbonyl (C=O) groups excluding carboxylic acids is 2. The van der Waals surface area contributed by atoms with Crippen molar-refractivity contribution in [1.29, 1.82) is 0 Å². The normalized spacial score (nSPS) is 18.7. The number of rotatable bonds is 2. The Balaban J connectivity index is 2.30. The topological polar surface area (TPSA) is 80.5 Å². The van der Waals surface area contributed by atoms with Gasteiger partial charge in [-0.1, -0.05) is 18.5 Å². The molecule has 1 fully saturated rings. The van der Waals surface area contributed by atoms with E-state index in [2.05, 4.69) is 0 Å². The Hall–Kier alpha value is -1.95. The number of carbonyl (C=O) groups is 2. The molecular formula is C12H11ClN2O4. The van der Waals surface area contributed by atoms with Gasteiger partial charge in [-0.3, -0.25) is 24.6 Å². The largest absolute Gasteiger partial charge is 0.278 e. The molecule has 0 N–H and O–H groups in total. The van der Waals surface area contributed by atoms with Gasteiger partial charge in [0.05, 0.1) is 15.5 Å². The van der Waals surface area contributed by atoms with E-state index in [-0.39, 0.29) is 28.1 Å². The molecule has 0 bridgehead atoms. The van der Waals surface area contributed by atoms with Gasteiger partial charge in [-0.2, -0.15) is 0 Å². The van der Waals surface area contributed by atoms with E-state index in [4.69, 9.17) is 11.6 Å². The van der Waals surface area contributed by atoms with Gasteiger partial charge in [-0.05, 0) is 12.0 Å². The van der Waals surface area contributed by atoms with Crippen LogP contribution in [0.25, 0.3) is 0 Å². The maximum Gasteiger partial charge on any atom is 0.270 e. The van der Waals surface area contributed by atoms with E-state index in [1.807, 2.05) is 6.92 Å². The standard InChI is InChI=1S/C12H11ClN2O4/c1-7-4-11(16)14(6-7)12(17)9-3-2-8(15(18)19)5-10(9)13/h2-3,5,7H,4,6H2,1H3. The molecule has 1 aromatic rings. The minimum Gasteiger partial charge on any atom is -0.278 e. The number of hydrogen-bond acceptors (Lipinski definition) is 4. The SMILES string of the molecule is CC1CC(=O)N(C(=O)c2ccc([N+](=O)[O-])cc2Cl)C1. The van der Waals surface area contributed by atoms with E-state index in [0.717, 1.165) is 11.0 Å². The van der Waals surface area contributed by atoms with Gasteiger partial charge in [0, 0.05) is 25.1 Å². The maximum absolute atomic E-state index is 12.2. The lowest BCUT2D eigenvalue weighted by atomic mass is 10.1. The molecule has 1 heterocycles. The zero-order valence-electron chi connectivity index (χ0n) is 10.1. The minimum atomic E-state index is -0.594. The lowest BCUT2D eigenvalue weighted by molar-refractivity contribution is -0.384. The Morgan fingerprint density at radius 3 is 2.68 bits per heavy atom. The van der Waals surface area contributed by atoms with Crippen LogP contribution in [-0.4, -0.2) is 28.2 Å². The van der Waals surface area contributed by atoms with Gasteiger partial charge in [0.2, 0.25) is 5.91 Å². The highest BCUT2D eigenvalue weighted by molar-refractivity contribution is 6.34. The van der Waals surface area contributed by atoms with Crippen molar-refractivity contribution in [3.05, 3.63) is 38.9 Å². The fourth-order valence-corrected chi connectivity index (χ4v) is 2.27. The predicted molar refractivity (Wildman–Crippen MR) is 67.9 cm³/mol. The summed E-state index contributed by atoms with van der Waals surface area (Å²) >= 11 is 5.87. The first-order chi connectivity index (χ1) is 8.90. The molecule has 0 radical (unpaired) electrons. The summed E-state index contributed by atoms with van der Waals surface area (Å²) in [6, 6.07) is 3.58. The molecule has 1 saturated heterocycles. The van der Waals surface area contributed by atoms with Crippen molar-refractivity contribution in [2.24, 2.45) is 5.92 Å². The molecule has 2 rings (SSSR count). The highest BCUT2D eigenvalue weighted by Gasteiger charge is 2.33. The Bertz CT molecular complexity index is 573. The summed E-state index contributed by atoms with van der Waals surface area (Å²) in [5, 5.41) is 10.6. The molecular weight excluding hydrogens is 272 g/mol. The molecule has 1 aliphatic rings. The molecule has 0 saturated carbocycles. The molecule has 7 heteroatoms. The van der Waals surface area contributed by atoms with Crippen LogP contribution in [0.3, 0.4) is 0 Å². The van der Waals surface area contributed by atoms with E-state index >= 15 is 0 Å². The van der Waals surface area contributed by atoms with Gasteiger partial charge >= 0.3 is 0 Å². The molecule has 0 aromatic heterocycles. The van der Waals surface area contributed by atoms with Crippen LogP contribution in [0.2, 0.25) is 5.02 Å². The lowest BCUT2D eigenvalue weighted by Crippen LogP contribution is -2.32. The number of nitro groups is 1. The van der Waals surface area contributed by atoms with E-state index in [1.54, 1.807) is 0 Å². The molecule has 100 valence electrons. The van der Waals surface area contributed by atoms with E-state index in [9.17, 15) is 19.7 Å². The van der Waals surface area contributed by atoms with Gasteiger partial charge in [0.25, 0.3) is 11.6 Å². The highest BCUT2D eigenvalue weighted by atomic mass is 35.5. The van der Waals surface area contributed by atoms with Crippen molar-refractivity contribution in [2.45, 2.75) is 13.3 Å². The van der Waals surface area contributed by atoms with Crippen molar-refractivity contribution in [3.63, 3.8) is 0 Å². The van der Waals surface area contributed by atoms with E-state index in [0.29, 0.717) is 13.0 Å². The number of benzene rings is 1. The maximum atomic E-state index is 12.2. The number of non-ortho nitro benzene ring substituents is 1. The number of halogens is 1. The number of nitro benzene ring substituents is 1. The number of hydrogen-bond donors (Lipinski definition) is 0. The summed E-state index contributed by atoms with van der Waals surface area (Å²) in [4.78, 5) is 34.9. The smallest absolute Gasteiger partial charge is 0.270 e. The molecule has 2 amide bonds. The van der Waals surface area contributed by atoms with Gasteiger partial charge in [-0.15, -0.1) is 0 Å². The Kier molecular flexibility index (Phi) is 3.53. The Morgan fingerprint density at radius 2 is 2.21 bits per heavy atom. The summed E-state index contributed by atoms with van der Waals surface area (Å²) in [5.41, 5.74) is -0.0858. The summed E-state index contributed by atoms with van der Waals surface area (Å²) < 4.78 is 0. The van der Waals surface area contributed by atoms with Crippen molar-refractivity contribution >= 4 is 29.1 Å². The van der Waals surface area contributed by atoms with Gasteiger partial charge < -0.3 is 0 Å².